The fraction of sp³-hybridized carbons (Fsp3) is 0.231. The summed E-state index contributed by atoms with van der Waals surface area (Å²) in [6.45, 7) is 5.42. The molecule has 1 aliphatic rings. The van der Waals surface area contributed by atoms with Gasteiger partial charge in [-0.1, -0.05) is 36.4 Å². The molecule has 0 atom stereocenters. The molecular weight excluding hydrogens is 370 g/mol. The Morgan fingerprint density at radius 2 is 1.77 bits per heavy atom. The van der Waals surface area contributed by atoms with Gasteiger partial charge >= 0.3 is 0 Å². The van der Waals surface area contributed by atoms with Gasteiger partial charge in [-0.15, -0.1) is 0 Å². The molecule has 4 heteroatoms. The Morgan fingerprint density at radius 1 is 0.967 bits per heavy atom. The van der Waals surface area contributed by atoms with Crippen molar-refractivity contribution >= 4 is 16.9 Å². The number of hydrogen-bond acceptors (Lipinski definition) is 2. The number of H-pyrrole nitrogens is 1. The van der Waals surface area contributed by atoms with Gasteiger partial charge in [0, 0.05) is 18.7 Å². The summed E-state index contributed by atoms with van der Waals surface area (Å²) in [5, 5.41) is 0. The van der Waals surface area contributed by atoms with Crippen molar-refractivity contribution in [2.45, 2.75) is 33.2 Å². The Labute approximate surface area is 176 Å². The molecule has 0 fully saturated rings. The first-order valence-corrected chi connectivity index (χ1v) is 10.5. The fourth-order valence-electron chi connectivity index (χ4n) is 4.41. The van der Waals surface area contributed by atoms with Crippen molar-refractivity contribution in [3.8, 4) is 11.1 Å². The lowest BCUT2D eigenvalue weighted by atomic mass is 9.97. The van der Waals surface area contributed by atoms with E-state index in [2.05, 4.69) is 46.4 Å². The predicted molar refractivity (Wildman–Crippen MR) is 121 cm³/mol. The summed E-state index contributed by atoms with van der Waals surface area (Å²) < 4.78 is 0. The summed E-state index contributed by atoms with van der Waals surface area (Å²) in [4.78, 5) is 23.0. The second-order valence-electron chi connectivity index (χ2n) is 8.18. The number of rotatable bonds is 2. The molecule has 0 saturated carbocycles. The first kappa shape index (κ1) is 18.6. The molecule has 1 aromatic heterocycles. The van der Waals surface area contributed by atoms with Gasteiger partial charge in [0.25, 0.3) is 5.91 Å². The van der Waals surface area contributed by atoms with Gasteiger partial charge in [-0.3, -0.25) is 4.79 Å². The molecule has 4 aromatic rings. The van der Waals surface area contributed by atoms with Crippen LogP contribution in [0.5, 0.6) is 0 Å². The van der Waals surface area contributed by atoms with Crippen molar-refractivity contribution in [3.05, 3.63) is 88.7 Å². The number of hydrogen-bond donors (Lipinski definition) is 1. The van der Waals surface area contributed by atoms with Crippen molar-refractivity contribution in [1.29, 1.82) is 0 Å². The first-order chi connectivity index (χ1) is 14.6. The molecule has 3 aromatic carbocycles. The highest BCUT2D eigenvalue weighted by Gasteiger charge is 2.21. The van der Waals surface area contributed by atoms with Gasteiger partial charge in [0.15, 0.2) is 0 Å². The van der Waals surface area contributed by atoms with E-state index in [-0.39, 0.29) is 5.91 Å². The van der Waals surface area contributed by atoms with Crippen LogP contribution in [-0.4, -0.2) is 27.3 Å². The third-order valence-electron chi connectivity index (χ3n) is 6.04. The van der Waals surface area contributed by atoms with E-state index in [9.17, 15) is 4.79 Å². The van der Waals surface area contributed by atoms with Crippen molar-refractivity contribution < 1.29 is 4.79 Å². The predicted octanol–water partition coefficient (Wildman–Crippen LogP) is 5.44. The van der Waals surface area contributed by atoms with E-state index in [4.69, 9.17) is 0 Å². The highest BCUT2D eigenvalue weighted by molar-refractivity contribution is 5.95. The maximum Gasteiger partial charge on any atom is 0.254 e. The van der Waals surface area contributed by atoms with Crippen molar-refractivity contribution in [3.63, 3.8) is 0 Å². The second-order valence-corrected chi connectivity index (χ2v) is 8.18. The SMILES string of the molecule is Cc1nc2cc(-c3ccc4c(c3)CN(C(=O)c3ccccc3C)CCC4)ccc2[nH]1. The van der Waals surface area contributed by atoms with Crippen LogP contribution in [0.4, 0.5) is 0 Å². The normalized spacial score (nSPS) is 13.9. The Bertz CT molecular complexity index is 1250. The Hall–Kier alpha value is -3.40. The molecule has 1 N–H and O–H groups in total. The summed E-state index contributed by atoms with van der Waals surface area (Å²) in [7, 11) is 0. The molecule has 1 amide bonds. The van der Waals surface area contributed by atoms with Gasteiger partial charge < -0.3 is 9.88 Å². The van der Waals surface area contributed by atoms with E-state index >= 15 is 0 Å². The maximum absolute atomic E-state index is 13.2. The van der Waals surface area contributed by atoms with Crippen molar-refractivity contribution in [2.75, 3.05) is 6.54 Å². The van der Waals surface area contributed by atoms with Gasteiger partial charge in [-0.2, -0.15) is 0 Å². The zero-order chi connectivity index (χ0) is 20.7. The van der Waals surface area contributed by atoms with Crippen LogP contribution >= 0.6 is 0 Å². The largest absolute Gasteiger partial charge is 0.342 e. The summed E-state index contributed by atoms with van der Waals surface area (Å²) in [6.07, 6.45) is 1.99. The van der Waals surface area contributed by atoms with Gasteiger partial charge in [0.1, 0.15) is 5.82 Å². The first-order valence-electron chi connectivity index (χ1n) is 10.5. The number of nitrogens with one attached hydrogen (secondary N) is 1. The van der Waals surface area contributed by atoms with E-state index in [1.54, 1.807) is 0 Å². The van der Waals surface area contributed by atoms with Crippen LogP contribution in [0.1, 0.15) is 39.3 Å². The summed E-state index contributed by atoms with van der Waals surface area (Å²) >= 11 is 0. The smallest absolute Gasteiger partial charge is 0.254 e. The molecule has 30 heavy (non-hydrogen) atoms. The third-order valence-corrected chi connectivity index (χ3v) is 6.04. The van der Waals surface area contributed by atoms with E-state index < -0.39 is 0 Å². The molecule has 1 aliphatic heterocycles. The number of carbonyl (C=O) groups is 1. The van der Waals surface area contributed by atoms with Crippen LogP contribution < -0.4 is 0 Å². The molecule has 0 saturated heterocycles. The van der Waals surface area contributed by atoms with Gasteiger partial charge in [-0.05, 0) is 78.8 Å². The van der Waals surface area contributed by atoms with Gasteiger partial charge in [-0.25, -0.2) is 4.98 Å². The van der Waals surface area contributed by atoms with Crippen LogP contribution in [0, 0.1) is 13.8 Å². The molecule has 0 bridgehead atoms. The monoisotopic (exact) mass is 395 g/mol. The van der Waals surface area contributed by atoms with Gasteiger partial charge in [0.2, 0.25) is 0 Å². The number of aryl methyl sites for hydroxylation is 3. The van der Waals surface area contributed by atoms with E-state index in [1.165, 1.54) is 16.7 Å². The topological polar surface area (TPSA) is 49.0 Å². The molecule has 5 rings (SSSR count). The number of imidazole rings is 1. The number of aromatic amines is 1. The minimum atomic E-state index is 0.125. The number of amides is 1. The van der Waals surface area contributed by atoms with Crippen molar-refractivity contribution in [2.24, 2.45) is 0 Å². The molecule has 4 nitrogen and oxygen atoms in total. The van der Waals surface area contributed by atoms with E-state index in [0.717, 1.165) is 52.9 Å². The number of fused-ring (bicyclic) bond motifs is 2. The minimum absolute atomic E-state index is 0.125. The number of carbonyl (C=O) groups excluding carboxylic acids is 1. The lowest BCUT2D eigenvalue weighted by Crippen LogP contribution is -2.31. The average molecular weight is 396 g/mol. The van der Waals surface area contributed by atoms with Crippen LogP contribution in [0.2, 0.25) is 0 Å². The summed E-state index contributed by atoms with van der Waals surface area (Å²) in [5.74, 6) is 1.05. The maximum atomic E-state index is 13.2. The van der Waals surface area contributed by atoms with Crippen LogP contribution in [0.15, 0.2) is 60.7 Å². The molecule has 0 aliphatic carbocycles. The fourth-order valence-corrected chi connectivity index (χ4v) is 4.41. The van der Waals surface area contributed by atoms with Crippen LogP contribution in [-0.2, 0) is 13.0 Å². The average Bonchev–Trinajstić information content (AvgIpc) is 2.99. The number of benzene rings is 3. The highest BCUT2D eigenvalue weighted by Crippen LogP contribution is 2.29. The van der Waals surface area contributed by atoms with E-state index in [1.807, 2.05) is 43.0 Å². The number of aromatic nitrogens is 2. The molecular formula is C26H25N3O. The standard InChI is InChI=1S/C26H25N3O/c1-17-6-3-4-8-23(17)26(30)29-13-5-7-19-9-10-20(14-22(19)16-29)21-11-12-24-25(15-21)28-18(2)27-24/h3-4,6,8-12,14-15H,5,7,13,16H2,1-2H3,(H,27,28). The molecule has 0 radical (unpaired) electrons. The minimum Gasteiger partial charge on any atom is -0.342 e. The highest BCUT2D eigenvalue weighted by atomic mass is 16.2. The summed E-state index contributed by atoms with van der Waals surface area (Å²) in [6, 6.07) is 20.9. The molecule has 0 unspecified atom stereocenters. The Kier molecular flexibility index (Phi) is 4.62. The quantitative estimate of drug-likeness (QED) is 0.492. The van der Waals surface area contributed by atoms with Crippen molar-refractivity contribution in [1.82, 2.24) is 14.9 Å². The molecule has 0 spiro atoms. The third kappa shape index (κ3) is 3.39. The van der Waals surface area contributed by atoms with Crippen LogP contribution in [0.25, 0.3) is 22.2 Å². The summed E-state index contributed by atoms with van der Waals surface area (Å²) in [5.41, 5.74) is 8.78. The lowest BCUT2D eigenvalue weighted by Gasteiger charge is -2.22. The Morgan fingerprint density at radius 3 is 2.63 bits per heavy atom. The Balaban J connectivity index is 1.48. The second kappa shape index (κ2) is 7.45. The van der Waals surface area contributed by atoms with Gasteiger partial charge in [0.05, 0.1) is 11.0 Å². The number of nitrogens with zero attached hydrogens (tertiary/aromatic N) is 2. The zero-order valence-electron chi connectivity index (χ0n) is 17.4. The van der Waals surface area contributed by atoms with Crippen LogP contribution in [0.3, 0.4) is 0 Å². The molecule has 150 valence electrons. The van der Waals surface area contributed by atoms with E-state index in [0.29, 0.717) is 6.54 Å². The zero-order valence-corrected chi connectivity index (χ0v) is 17.4. The lowest BCUT2D eigenvalue weighted by molar-refractivity contribution is 0.0745. The molecule has 2 heterocycles.